The van der Waals surface area contributed by atoms with Crippen LogP contribution in [0.3, 0.4) is 0 Å². The lowest BCUT2D eigenvalue weighted by atomic mass is 9.72. The standard InChI is InChI=1S/C19H32O3/c1-8-21-12-17(20)22-16-11-15(10-9-14(16)2)19(6,7)13-18(3,4)5/h9-11,17,20H,8,12-13H2,1-7H3. The van der Waals surface area contributed by atoms with Crippen molar-refractivity contribution in [1.82, 2.24) is 0 Å². The van der Waals surface area contributed by atoms with Crippen molar-refractivity contribution in [1.29, 1.82) is 0 Å². The van der Waals surface area contributed by atoms with Crippen molar-refractivity contribution >= 4 is 0 Å². The summed E-state index contributed by atoms with van der Waals surface area (Å²) in [7, 11) is 0. The maximum atomic E-state index is 9.89. The second kappa shape index (κ2) is 7.47. The van der Waals surface area contributed by atoms with Gasteiger partial charge >= 0.3 is 0 Å². The van der Waals surface area contributed by atoms with Crippen LogP contribution in [-0.2, 0) is 10.2 Å². The summed E-state index contributed by atoms with van der Waals surface area (Å²) >= 11 is 0. The van der Waals surface area contributed by atoms with Gasteiger partial charge in [0.15, 0.2) is 0 Å². The number of ether oxygens (including phenoxy) is 2. The molecule has 0 aliphatic carbocycles. The molecule has 1 aromatic carbocycles. The molecular formula is C19H32O3. The highest BCUT2D eigenvalue weighted by molar-refractivity contribution is 5.39. The smallest absolute Gasteiger partial charge is 0.221 e. The number of hydrogen-bond acceptors (Lipinski definition) is 3. The zero-order valence-electron chi connectivity index (χ0n) is 15.2. The molecule has 1 rings (SSSR count). The van der Waals surface area contributed by atoms with Gasteiger partial charge in [0, 0.05) is 6.61 Å². The number of aliphatic hydroxyl groups is 1. The van der Waals surface area contributed by atoms with Crippen molar-refractivity contribution in [2.24, 2.45) is 5.41 Å². The number of rotatable bonds is 7. The highest BCUT2D eigenvalue weighted by atomic mass is 16.6. The van der Waals surface area contributed by atoms with Gasteiger partial charge in [0.25, 0.3) is 0 Å². The van der Waals surface area contributed by atoms with Crippen LogP contribution in [0.15, 0.2) is 18.2 Å². The van der Waals surface area contributed by atoms with Crippen molar-refractivity contribution in [2.75, 3.05) is 13.2 Å². The van der Waals surface area contributed by atoms with Gasteiger partial charge in [-0.3, -0.25) is 0 Å². The third-order valence-electron chi connectivity index (χ3n) is 3.67. The van der Waals surface area contributed by atoms with E-state index < -0.39 is 6.29 Å². The Morgan fingerprint density at radius 3 is 2.32 bits per heavy atom. The molecule has 1 atom stereocenters. The normalized spacial score (nSPS) is 14.0. The maximum absolute atomic E-state index is 9.89. The minimum atomic E-state index is -0.931. The van der Waals surface area contributed by atoms with Gasteiger partial charge in [-0.15, -0.1) is 0 Å². The summed E-state index contributed by atoms with van der Waals surface area (Å²) in [5.74, 6) is 0.728. The highest BCUT2D eigenvalue weighted by Gasteiger charge is 2.28. The Hall–Kier alpha value is -1.06. The van der Waals surface area contributed by atoms with E-state index in [1.54, 1.807) is 0 Å². The molecule has 0 heterocycles. The van der Waals surface area contributed by atoms with Crippen LogP contribution in [0.5, 0.6) is 5.75 Å². The van der Waals surface area contributed by atoms with E-state index in [-0.39, 0.29) is 17.4 Å². The molecule has 0 spiro atoms. The first kappa shape index (κ1) is 19.0. The molecule has 1 aromatic rings. The van der Waals surface area contributed by atoms with Crippen LogP contribution in [0.2, 0.25) is 0 Å². The third-order valence-corrected chi connectivity index (χ3v) is 3.67. The number of hydrogen-bond donors (Lipinski definition) is 1. The fourth-order valence-electron chi connectivity index (χ4n) is 2.98. The lowest BCUT2D eigenvalue weighted by Crippen LogP contribution is -2.26. The van der Waals surface area contributed by atoms with E-state index in [4.69, 9.17) is 9.47 Å². The molecule has 0 saturated carbocycles. The van der Waals surface area contributed by atoms with Gasteiger partial charge in [0.2, 0.25) is 6.29 Å². The molecule has 0 radical (unpaired) electrons. The molecule has 0 aliphatic heterocycles. The van der Waals surface area contributed by atoms with E-state index in [0.29, 0.717) is 6.61 Å². The number of benzene rings is 1. The topological polar surface area (TPSA) is 38.7 Å². The van der Waals surface area contributed by atoms with Crippen LogP contribution in [0.25, 0.3) is 0 Å². The lowest BCUT2D eigenvalue weighted by molar-refractivity contribution is -0.0753. The summed E-state index contributed by atoms with van der Waals surface area (Å²) < 4.78 is 10.8. The summed E-state index contributed by atoms with van der Waals surface area (Å²) in [5, 5.41) is 9.89. The van der Waals surface area contributed by atoms with Crippen LogP contribution in [0.4, 0.5) is 0 Å². The summed E-state index contributed by atoms with van der Waals surface area (Å²) in [6, 6.07) is 6.27. The van der Waals surface area contributed by atoms with E-state index >= 15 is 0 Å². The lowest BCUT2D eigenvalue weighted by Gasteiger charge is -2.33. The van der Waals surface area contributed by atoms with Gasteiger partial charge in [-0.1, -0.05) is 46.8 Å². The quantitative estimate of drug-likeness (QED) is 0.757. The molecule has 3 nitrogen and oxygen atoms in total. The maximum Gasteiger partial charge on any atom is 0.221 e. The minimum absolute atomic E-state index is 0.0505. The fourth-order valence-corrected chi connectivity index (χ4v) is 2.98. The van der Waals surface area contributed by atoms with E-state index in [1.165, 1.54) is 5.56 Å². The molecule has 0 bridgehead atoms. The predicted molar refractivity (Wildman–Crippen MR) is 91.4 cm³/mol. The van der Waals surface area contributed by atoms with E-state index in [1.807, 2.05) is 13.8 Å². The number of aryl methyl sites for hydroxylation is 1. The van der Waals surface area contributed by atoms with E-state index in [0.717, 1.165) is 17.7 Å². The largest absolute Gasteiger partial charge is 0.462 e. The molecular weight excluding hydrogens is 276 g/mol. The molecule has 1 N–H and O–H groups in total. The fraction of sp³-hybridized carbons (Fsp3) is 0.684. The van der Waals surface area contributed by atoms with Crippen molar-refractivity contribution in [2.45, 2.75) is 66.6 Å². The SMILES string of the molecule is CCOCC(O)Oc1cc(C(C)(C)CC(C)(C)C)ccc1C. The van der Waals surface area contributed by atoms with E-state index in [2.05, 4.69) is 52.8 Å². The van der Waals surface area contributed by atoms with Crippen molar-refractivity contribution < 1.29 is 14.6 Å². The number of aliphatic hydroxyl groups excluding tert-OH is 1. The molecule has 22 heavy (non-hydrogen) atoms. The molecule has 0 aromatic heterocycles. The molecule has 0 amide bonds. The van der Waals surface area contributed by atoms with Gasteiger partial charge < -0.3 is 14.6 Å². The Kier molecular flexibility index (Phi) is 6.45. The molecule has 0 saturated heterocycles. The van der Waals surface area contributed by atoms with Crippen molar-refractivity contribution in [3.05, 3.63) is 29.3 Å². The van der Waals surface area contributed by atoms with Crippen LogP contribution in [0, 0.1) is 12.3 Å². The second-order valence-corrected chi connectivity index (χ2v) is 7.83. The minimum Gasteiger partial charge on any atom is -0.462 e. The van der Waals surface area contributed by atoms with Gasteiger partial charge in [-0.2, -0.15) is 0 Å². The van der Waals surface area contributed by atoms with Gasteiger partial charge in [0.1, 0.15) is 12.4 Å². The first-order valence-electron chi connectivity index (χ1n) is 8.09. The van der Waals surface area contributed by atoms with Crippen LogP contribution in [0.1, 0.15) is 59.1 Å². The summed E-state index contributed by atoms with van der Waals surface area (Å²) in [6.07, 6.45) is 0.143. The average molecular weight is 308 g/mol. The summed E-state index contributed by atoms with van der Waals surface area (Å²) in [5.41, 5.74) is 2.55. The predicted octanol–water partition coefficient (Wildman–Crippen LogP) is 4.44. The van der Waals surface area contributed by atoms with Crippen LogP contribution < -0.4 is 4.74 Å². The Morgan fingerprint density at radius 1 is 1.14 bits per heavy atom. The molecule has 0 fully saturated rings. The van der Waals surface area contributed by atoms with Crippen molar-refractivity contribution in [3.63, 3.8) is 0 Å². The molecule has 3 heteroatoms. The van der Waals surface area contributed by atoms with Gasteiger partial charge in [-0.25, -0.2) is 0 Å². The zero-order valence-corrected chi connectivity index (χ0v) is 15.2. The zero-order chi connectivity index (χ0) is 17.0. The van der Waals surface area contributed by atoms with Crippen LogP contribution in [-0.4, -0.2) is 24.6 Å². The molecule has 0 aliphatic rings. The first-order chi connectivity index (χ1) is 10.0. The average Bonchev–Trinajstić information content (AvgIpc) is 2.36. The van der Waals surface area contributed by atoms with Crippen molar-refractivity contribution in [3.8, 4) is 5.75 Å². The highest BCUT2D eigenvalue weighted by Crippen LogP contribution is 2.38. The van der Waals surface area contributed by atoms with Gasteiger partial charge in [-0.05, 0) is 48.3 Å². The summed E-state index contributed by atoms with van der Waals surface area (Å²) in [4.78, 5) is 0. The molecule has 1 unspecified atom stereocenters. The monoisotopic (exact) mass is 308 g/mol. The van der Waals surface area contributed by atoms with Gasteiger partial charge in [0.05, 0.1) is 0 Å². The Labute approximate surface area is 135 Å². The Morgan fingerprint density at radius 2 is 1.77 bits per heavy atom. The Balaban J connectivity index is 2.93. The Bertz CT molecular complexity index is 472. The molecule has 126 valence electrons. The van der Waals surface area contributed by atoms with Crippen LogP contribution >= 0.6 is 0 Å². The second-order valence-electron chi connectivity index (χ2n) is 7.83. The summed E-state index contributed by atoms with van der Waals surface area (Å²) in [6.45, 7) is 15.9. The first-order valence-corrected chi connectivity index (χ1v) is 8.09. The third kappa shape index (κ3) is 5.98. The van der Waals surface area contributed by atoms with E-state index in [9.17, 15) is 5.11 Å².